The summed E-state index contributed by atoms with van der Waals surface area (Å²) in [6, 6.07) is 4.91. The predicted octanol–water partition coefficient (Wildman–Crippen LogP) is 1.45. The zero-order valence-electron chi connectivity index (χ0n) is 8.24. The van der Waals surface area contributed by atoms with Crippen molar-refractivity contribution in [3.05, 3.63) is 23.8 Å². The van der Waals surface area contributed by atoms with Gasteiger partial charge in [0.2, 0.25) is 0 Å². The molecule has 0 aliphatic rings. The third-order valence-electron chi connectivity index (χ3n) is 1.74. The number of methoxy groups -OCH3 is 1. The van der Waals surface area contributed by atoms with Crippen LogP contribution in [-0.4, -0.2) is 19.7 Å². The van der Waals surface area contributed by atoms with Gasteiger partial charge < -0.3 is 15.2 Å². The maximum Gasteiger partial charge on any atom is 0.340 e. The Balaban J connectivity index is 3.01. The fourth-order valence-electron chi connectivity index (χ4n) is 1.08. The highest BCUT2D eigenvalue weighted by molar-refractivity contribution is 5.95. The van der Waals surface area contributed by atoms with Crippen LogP contribution in [0.15, 0.2) is 18.2 Å². The number of benzene rings is 1. The molecule has 0 unspecified atom stereocenters. The molecule has 4 nitrogen and oxygen atoms in total. The number of anilines is 1. The summed E-state index contributed by atoms with van der Waals surface area (Å²) in [5.41, 5.74) is 6.33. The molecule has 76 valence electrons. The zero-order valence-corrected chi connectivity index (χ0v) is 8.24. The standard InChI is InChI=1S/C10H13NO3/c1-3-14-7-4-5-9(11)8(6-7)10(12)13-2/h4-6H,3,11H2,1-2H3. The largest absolute Gasteiger partial charge is 0.494 e. The van der Waals surface area contributed by atoms with Crippen molar-refractivity contribution in [3.8, 4) is 5.75 Å². The van der Waals surface area contributed by atoms with Gasteiger partial charge in [-0.25, -0.2) is 4.79 Å². The Bertz CT molecular complexity index is 336. The van der Waals surface area contributed by atoms with Crippen LogP contribution in [0.1, 0.15) is 17.3 Å². The number of ether oxygens (including phenoxy) is 2. The Labute approximate surface area is 82.6 Å². The molecule has 1 aromatic rings. The molecule has 0 aliphatic carbocycles. The Morgan fingerprint density at radius 1 is 1.50 bits per heavy atom. The predicted molar refractivity (Wildman–Crippen MR) is 53.4 cm³/mol. The molecule has 0 atom stereocenters. The minimum atomic E-state index is -0.455. The lowest BCUT2D eigenvalue weighted by Crippen LogP contribution is -2.06. The van der Waals surface area contributed by atoms with Gasteiger partial charge in [0.1, 0.15) is 5.75 Å². The van der Waals surface area contributed by atoms with Crippen molar-refractivity contribution >= 4 is 11.7 Å². The van der Waals surface area contributed by atoms with Gasteiger partial charge in [0.15, 0.2) is 0 Å². The SMILES string of the molecule is CCOc1ccc(N)c(C(=O)OC)c1. The molecule has 0 bridgehead atoms. The second kappa shape index (κ2) is 4.50. The molecule has 0 aromatic heterocycles. The molecule has 0 spiro atoms. The van der Waals surface area contributed by atoms with Crippen molar-refractivity contribution in [3.63, 3.8) is 0 Å². The van der Waals surface area contributed by atoms with E-state index in [2.05, 4.69) is 4.74 Å². The van der Waals surface area contributed by atoms with E-state index in [1.807, 2.05) is 6.92 Å². The first kappa shape index (κ1) is 10.4. The van der Waals surface area contributed by atoms with E-state index in [1.54, 1.807) is 18.2 Å². The van der Waals surface area contributed by atoms with E-state index >= 15 is 0 Å². The fraction of sp³-hybridized carbons (Fsp3) is 0.300. The van der Waals surface area contributed by atoms with Crippen LogP contribution in [0.5, 0.6) is 5.75 Å². The van der Waals surface area contributed by atoms with Crippen molar-refractivity contribution in [2.75, 3.05) is 19.5 Å². The van der Waals surface area contributed by atoms with Gasteiger partial charge in [0, 0.05) is 5.69 Å². The van der Waals surface area contributed by atoms with Gasteiger partial charge in [0.25, 0.3) is 0 Å². The van der Waals surface area contributed by atoms with Crippen molar-refractivity contribution in [2.45, 2.75) is 6.92 Å². The first-order valence-corrected chi connectivity index (χ1v) is 4.29. The summed E-state index contributed by atoms with van der Waals surface area (Å²) >= 11 is 0. The van der Waals surface area contributed by atoms with Gasteiger partial charge in [-0.3, -0.25) is 0 Å². The monoisotopic (exact) mass is 195 g/mol. The highest BCUT2D eigenvalue weighted by atomic mass is 16.5. The fourth-order valence-corrected chi connectivity index (χ4v) is 1.08. The van der Waals surface area contributed by atoms with Crippen LogP contribution in [-0.2, 0) is 4.74 Å². The highest BCUT2D eigenvalue weighted by Gasteiger charge is 2.10. The lowest BCUT2D eigenvalue weighted by atomic mass is 10.2. The number of nitrogen functional groups attached to an aromatic ring is 1. The lowest BCUT2D eigenvalue weighted by Gasteiger charge is -2.07. The average Bonchev–Trinajstić information content (AvgIpc) is 2.20. The summed E-state index contributed by atoms with van der Waals surface area (Å²) in [6.45, 7) is 2.42. The van der Waals surface area contributed by atoms with Gasteiger partial charge >= 0.3 is 5.97 Å². The molecule has 14 heavy (non-hydrogen) atoms. The Kier molecular flexibility index (Phi) is 3.34. The van der Waals surface area contributed by atoms with Gasteiger partial charge in [-0.15, -0.1) is 0 Å². The molecular formula is C10H13NO3. The van der Waals surface area contributed by atoms with E-state index in [1.165, 1.54) is 7.11 Å². The van der Waals surface area contributed by atoms with E-state index in [4.69, 9.17) is 10.5 Å². The molecule has 0 saturated heterocycles. The summed E-state index contributed by atoms with van der Waals surface area (Å²) < 4.78 is 9.81. The van der Waals surface area contributed by atoms with Gasteiger partial charge in [-0.05, 0) is 25.1 Å². The minimum Gasteiger partial charge on any atom is -0.494 e. The van der Waals surface area contributed by atoms with Gasteiger partial charge in [0.05, 0.1) is 19.3 Å². The summed E-state index contributed by atoms with van der Waals surface area (Å²) in [5.74, 6) is 0.158. The minimum absolute atomic E-state index is 0.332. The normalized spacial score (nSPS) is 9.57. The first-order valence-electron chi connectivity index (χ1n) is 4.29. The van der Waals surface area contributed by atoms with Crippen LogP contribution in [0.3, 0.4) is 0 Å². The molecule has 0 saturated carbocycles. The second-order valence-electron chi connectivity index (χ2n) is 2.67. The highest BCUT2D eigenvalue weighted by Crippen LogP contribution is 2.20. The maximum absolute atomic E-state index is 11.2. The molecule has 1 aromatic carbocycles. The molecule has 0 fully saturated rings. The van der Waals surface area contributed by atoms with Crippen LogP contribution in [0.2, 0.25) is 0 Å². The molecule has 2 N–H and O–H groups in total. The van der Waals surface area contributed by atoms with Crippen molar-refractivity contribution < 1.29 is 14.3 Å². The van der Waals surface area contributed by atoms with Crippen molar-refractivity contribution in [1.29, 1.82) is 0 Å². The summed E-state index contributed by atoms with van der Waals surface area (Å²) in [7, 11) is 1.31. The zero-order chi connectivity index (χ0) is 10.6. The molecule has 0 radical (unpaired) electrons. The third kappa shape index (κ3) is 2.16. The molecule has 0 aliphatic heterocycles. The van der Waals surface area contributed by atoms with E-state index in [9.17, 15) is 4.79 Å². The second-order valence-corrected chi connectivity index (χ2v) is 2.67. The lowest BCUT2D eigenvalue weighted by molar-refractivity contribution is 0.0601. The van der Waals surface area contributed by atoms with Crippen LogP contribution >= 0.6 is 0 Å². The summed E-state index contributed by atoms with van der Waals surface area (Å²) in [6.07, 6.45) is 0. The van der Waals surface area contributed by atoms with E-state index in [-0.39, 0.29) is 0 Å². The number of hydrogen-bond acceptors (Lipinski definition) is 4. The smallest absolute Gasteiger partial charge is 0.340 e. The van der Waals surface area contributed by atoms with Crippen LogP contribution < -0.4 is 10.5 Å². The number of esters is 1. The number of hydrogen-bond donors (Lipinski definition) is 1. The molecule has 4 heteroatoms. The van der Waals surface area contributed by atoms with E-state index in [0.717, 1.165) is 0 Å². The number of carbonyl (C=O) groups is 1. The van der Waals surface area contributed by atoms with Gasteiger partial charge in [-0.1, -0.05) is 0 Å². The van der Waals surface area contributed by atoms with Gasteiger partial charge in [-0.2, -0.15) is 0 Å². The maximum atomic E-state index is 11.2. The molecule has 0 heterocycles. The van der Waals surface area contributed by atoms with E-state index < -0.39 is 5.97 Å². The Morgan fingerprint density at radius 3 is 2.79 bits per heavy atom. The average molecular weight is 195 g/mol. The van der Waals surface area contributed by atoms with Crippen LogP contribution in [0, 0.1) is 0 Å². The molecular weight excluding hydrogens is 182 g/mol. The van der Waals surface area contributed by atoms with Crippen LogP contribution in [0.4, 0.5) is 5.69 Å². The number of rotatable bonds is 3. The Hall–Kier alpha value is -1.71. The van der Waals surface area contributed by atoms with Crippen molar-refractivity contribution in [2.24, 2.45) is 0 Å². The Morgan fingerprint density at radius 2 is 2.21 bits per heavy atom. The third-order valence-corrected chi connectivity index (χ3v) is 1.74. The molecule has 0 amide bonds. The van der Waals surface area contributed by atoms with E-state index in [0.29, 0.717) is 23.6 Å². The first-order chi connectivity index (χ1) is 6.69. The van der Waals surface area contributed by atoms with Crippen molar-refractivity contribution in [1.82, 2.24) is 0 Å². The molecule has 1 rings (SSSR count). The topological polar surface area (TPSA) is 61.5 Å². The summed E-state index contributed by atoms with van der Waals surface area (Å²) in [5, 5.41) is 0. The quantitative estimate of drug-likeness (QED) is 0.585. The number of carbonyl (C=O) groups excluding carboxylic acids is 1. The summed E-state index contributed by atoms with van der Waals surface area (Å²) in [4.78, 5) is 11.2. The van der Waals surface area contributed by atoms with Crippen LogP contribution in [0.25, 0.3) is 0 Å². The number of nitrogens with two attached hydrogens (primary N) is 1.